The molecule has 0 aliphatic heterocycles. The molecule has 2 aromatic rings. The summed E-state index contributed by atoms with van der Waals surface area (Å²) in [5.41, 5.74) is 1.19. The van der Waals surface area contributed by atoms with Crippen molar-refractivity contribution in [3.8, 4) is 5.69 Å². The summed E-state index contributed by atoms with van der Waals surface area (Å²) in [7, 11) is 3.46. The van der Waals surface area contributed by atoms with Crippen LogP contribution in [0.4, 0.5) is 4.79 Å². The second-order valence-corrected chi connectivity index (χ2v) is 7.53. The van der Waals surface area contributed by atoms with E-state index in [2.05, 4.69) is 27.8 Å². The van der Waals surface area contributed by atoms with Crippen molar-refractivity contribution in [3.63, 3.8) is 0 Å². The Kier molecular flexibility index (Phi) is 5.18. The molecule has 0 bridgehead atoms. The molecule has 0 unspecified atom stereocenters. The smallest absolute Gasteiger partial charge is 0.317 e. The molecule has 1 aliphatic rings. The third-order valence-corrected chi connectivity index (χ3v) is 6.02. The van der Waals surface area contributed by atoms with Crippen LogP contribution in [-0.2, 0) is 5.54 Å². The zero-order valence-electron chi connectivity index (χ0n) is 15.7. The minimum atomic E-state index is -0.551. The van der Waals surface area contributed by atoms with Gasteiger partial charge in [0.15, 0.2) is 5.82 Å². The van der Waals surface area contributed by atoms with E-state index in [0.717, 1.165) is 36.9 Å². The maximum absolute atomic E-state index is 12.5. The van der Waals surface area contributed by atoms with Crippen LogP contribution in [-0.4, -0.2) is 45.2 Å². The van der Waals surface area contributed by atoms with Gasteiger partial charge >= 0.3 is 6.03 Å². The van der Waals surface area contributed by atoms with Crippen LogP contribution < -0.4 is 5.32 Å². The SMILES string of the molecule is CNC(=O)N(C)C1(c2nnnn2-c2cccc(Cl)c2C)CCC(C)CC1. The first-order valence-electron chi connectivity index (χ1n) is 8.90. The lowest BCUT2D eigenvalue weighted by Crippen LogP contribution is -2.53. The molecule has 1 heterocycles. The number of carbonyl (C=O) groups excluding carboxylic acids is 1. The Balaban J connectivity index is 2.14. The highest BCUT2D eigenvalue weighted by Crippen LogP contribution is 2.43. The lowest BCUT2D eigenvalue weighted by Gasteiger charge is -2.44. The molecule has 2 amide bonds. The van der Waals surface area contributed by atoms with Gasteiger partial charge in [-0.2, -0.15) is 4.68 Å². The molecule has 0 atom stereocenters. The zero-order chi connectivity index (χ0) is 18.9. The highest BCUT2D eigenvalue weighted by atomic mass is 35.5. The number of amides is 2. The largest absolute Gasteiger partial charge is 0.341 e. The molecule has 1 fully saturated rings. The molecule has 3 rings (SSSR count). The molecule has 0 radical (unpaired) electrons. The molecular formula is C18H25ClN6O. The van der Waals surface area contributed by atoms with Gasteiger partial charge in [-0.3, -0.25) is 0 Å². The van der Waals surface area contributed by atoms with Crippen LogP contribution in [0, 0.1) is 12.8 Å². The molecule has 8 heteroatoms. The Labute approximate surface area is 158 Å². The third-order valence-electron chi connectivity index (χ3n) is 5.62. The van der Waals surface area contributed by atoms with Gasteiger partial charge in [-0.1, -0.05) is 24.6 Å². The summed E-state index contributed by atoms with van der Waals surface area (Å²) in [5.74, 6) is 1.30. The van der Waals surface area contributed by atoms with Crippen LogP contribution >= 0.6 is 11.6 Å². The molecule has 140 valence electrons. The van der Waals surface area contributed by atoms with E-state index in [1.165, 1.54) is 0 Å². The van der Waals surface area contributed by atoms with E-state index in [0.29, 0.717) is 16.8 Å². The van der Waals surface area contributed by atoms with Crippen molar-refractivity contribution in [2.24, 2.45) is 5.92 Å². The number of urea groups is 1. The van der Waals surface area contributed by atoms with E-state index in [1.54, 1.807) is 16.6 Å². The number of tetrazole rings is 1. The van der Waals surface area contributed by atoms with Crippen molar-refractivity contribution in [1.29, 1.82) is 0 Å². The molecule has 26 heavy (non-hydrogen) atoms. The quantitative estimate of drug-likeness (QED) is 0.891. The molecule has 1 aromatic heterocycles. The van der Waals surface area contributed by atoms with Gasteiger partial charge in [-0.25, -0.2) is 4.79 Å². The average molecular weight is 377 g/mol. The third kappa shape index (κ3) is 3.05. The summed E-state index contributed by atoms with van der Waals surface area (Å²) in [6.07, 6.45) is 3.67. The van der Waals surface area contributed by atoms with Gasteiger partial charge in [0, 0.05) is 19.1 Å². The fourth-order valence-corrected chi connectivity index (χ4v) is 3.95. The number of hydrogen-bond acceptors (Lipinski definition) is 4. The summed E-state index contributed by atoms with van der Waals surface area (Å²) >= 11 is 6.30. The van der Waals surface area contributed by atoms with Crippen molar-refractivity contribution >= 4 is 17.6 Å². The van der Waals surface area contributed by atoms with E-state index < -0.39 is 5.54 Å². The van der Waals surface area contributed by atoms with Crippen LogP contribution in [0.5, 0.6) is 0 Å². The van der Waals surface area contributed by atoms with Crippen molar-refractivity contribution < 1.29 is 4.79 Å². The first-order valence-corrected chi connectivity index (χ1v) is 9.28. The Bertz CT molecular complexity index is 797. The molecule has 1 aromatic carbocycles. The summed E-state index contributed by atoms with van der Waals surface area (Å²) < 4.78 is 1.73. The van der Waals surface area contributed by atoms with E-state index in [9.17, 15) is 4.79 Å². The van der Waals surface area contributed by atoms with Crippen LogP contribution in [0.15, 0.2) is 18.2 Å². The standard InChI is InChI=1S/C18H25ClN6O/c1-12-8-10-18(11-9-12,24(4)17(26)20-3)16-21-22-23-25(16)15-7-5-6-14(19)13(15)2/h5-7,12H,8-11H2,1-4H3,(H,20,26). The van der Waals surface area contributed by atoms with Gasteiger partial charge in [-0.05, 0) is 66.6 Å². The number of nitrogens with one attached hydrogen (secondary N) is 1. The lowest BCUT2D eigenvalue weighted by molar-refractivity contribution is 0.0732. The summed E-state index contributed by atoms with van der Waals surface area (Å²) in [6, 6.07) is 5.53. The molecule has 1 N–H and O–H groups in total. The Hall–Kier alpha value is -2.15. The molecule has 7 nitrogen and oxygen atoms in total. The predicted octanol–water partition coefficient (Wildman–Crippen LogP) is 3.30. The summed E-state index contributed by atoms with van der Waals surface area (Å²) in [4.78, 5) is 14.2. The molecule has 0 spiro atoms. The van der Waals surface area contributed by atoms with Crippen molar-refractivity contribution in [3.05, 3.63) is 34.6 Å². The van der Waals surface area contributed by atoms with Gasteiger partial charge in [-0.15, -0.1) is 5.10 Å². The predicted molar refractivity (Wildman–Crippen MR) is 100 cm³/mol. The minimum absolute atomic E-state index is 0.142. The van der Waals surface area contributed by atoms with Gasteiger partial charge in [0.2, 0.25) is 0 Å². The second kappa shape index (κ2) is 7.23. The normalized spacial score (nSPS) is 22.9. The van der Waals surface area contributed by atoms with E-state index in [-0.39, 0.29) is 6.03 Å². The first kappa shape index (κ1) is 18.6. The topological polar surface area (TPSA) is 75.9 Å². The lowest BCUT2D eigenvalue weighted by atomic mass is 9.75. The van der Waals surface area contributed by atoms with E-state index in [1.807, 2.05) is 32.2 Å². The average Bonchev–Trinajstić information content (AvgIpc) is 3.13. The Morgan fingerprint density at radius 1 is 1.38 bits per heavy atom. The van der Waals surface area contributed by atoms with Crippen molar-refractivity contribution in [2.75, 3.05) is 14.1 Å². The van der Waals surface area contributed by atoms with Crippen LogP contribution in [0.25, 0.3) is 5.69 Å². The number of aromatic nitrogens is 4. The number of hydrogen-bond donors (Lipinski definition) is 1. The minimum Gasteiger partial charge on any atom is -0.341 e. The fourth-order valence-electron chi connectivity index (χ4n) is 3.78. The van der Waals surface area contributed by atoms with Gasteiger partial charge < -0.3 is 10.2 Å². The van der Waals surface area contributed by atoms with Gasteiger partial charge in [0.1, 0.15) is 5.54 Å². The summed E-state index contributed by atoms with van der Waals surface area (Å²) in [5, 5.41) is 15.9. The number of nitrogens with zero attached hydrogens (tertiary/aromatic N) is 5. The van der Waals surface area contributed by atoms with Crippen molar-refractivity contribution in [1.82, 2.24) is 30.4 Å². The maximum Gasteiger partial charge on any atom is 0.317 e. The Morgan fingerprint density at radius 2 is 2.08 bits per heavy atom. The van der Waals surface area contributed by atoms with Crippen LogP contribution in [0.1, 0.15) is 44.0 Å². The number of benzene rings is 1. The van der Waals surface area contributed by atoms with Gasteiger partial charge in [0.05, 0.1) is 5.69 Å². The van der Waals surface area contributed by atoms with E-state index in [4.69, 9.17) is 11.6 Å². The molecule has 0 saturated heterocycles. The number of rotatable bonds is 3. The first-order chi connectivity index (χ1) is 12.4. The highest BCUT2D eigenvalue weighted by molar-refractivity contribution is 6.31. The van der Waals surface area contributed by atoms with E-state index >= 15 is 0 Å². The van der Waals surface area contributed by atoms with Crippen LogP contribution in [0.2, 0.25) is 5.02 Å². The molecule has 1 saturated carbocycles. The fraction of sp³-hybridized carbons (Fsp3) is 0.556. The second-order valence-electron chi connectivity index (χ2n) is 7.13. The summed E-state index contributed by atoms with van der Waals surface area (Å²) in [6.45, 7) is 4.19. The zero-order valence-corrected chi connectivity index (χ0v) is 16.4. The number of halogens is 1. The van der Waals surface area contributed by atoms with Gasteiger partial charge in [0.25, 0.3) is 0 Å². The number of carbonyl (C=O) groups is 1. The monoisotopic (exact) mass is 376 g/mol. The highest BCUT2D eigenvalue weighted by Gasteiger charge is 2.46. The molecule has 1 aliphatic carbocycles. The Morgan fingerprint density at radius 3 is 2.73 bits per heavy atom. The van der Waals surface area contributed by atoms with Crippen molar-refractivity contribution in [2.45, 2.75) is 45.1 Å². The van der Waals surface area contributed by atoms with Crippen LogP contribution in [0.3, 0.4) is 0 Å². The molecular weight excluding hydrogens is 352 g/mol. The maximum atomic E-state index is 12.5.